The van der Waals surface area contributed by atoms with Gasteiger partial charge in [-0.15, -0.1) is 0 Å². The predicted molar refractivity (Wildman–Crippen MR) is 127 cm³/mol. The molecule has 0 atom stereocenters. The summed E-state index contributed by atoms with van der Waals surface area (Å²) in [6, 6.07) is 6.15. The third-order valence-electron chi connectivity index (χ3n) is 4.53. The molecule has 0 bridgehead atoms. The highest BCUT2D eigenvalue weighted by atomic mass is 32.2. The Bertz CT molecular complexity index is 824. The topological polar surface area (TPSA) is 179 Å². The summed E-state index contributed by atoms with van der Waals surface area (Å²) in [4.78, 5) is 33.6. The largest absolute Gasteiger partial charge is 0.492 e. The predicted octanol–water partition coefficient (Wildman–Crippen LogP) is 4.57. The third-order valence-corrected chi connectivity index (χ3v) is 7.22. The number of rotatable bonds is 16. The average Bonchev–Trinajstić information content (AvgIpc) is 2.68. The minimum atomic E-state index is -4.22. The minimum Gasteiger partial charge on any atom is -0.492 e. The highest BCUT2D eigenvalue weighted by Gasteiger charge is 2.16. The zero-order chi connectivity index (χ0) is 25.4. The van der Waals surface area contributed by atoms with Crippen molar-refractivity contribution in [2.24, 2.45) is 0 Å². The Balaban J connectivity index is 0.000000684. The van der Waals surface area contributed by atoms with Crippen molar-refractivity contribution >= 4 is 25.3 Å². The van der Waals surface area contributed by atoms with E-state index in [1.54, 1.807) is 18.2 Å². The van der Waals surface area contributed by atoms with Crippen LogP contribution in [-0.4, -0.2) is 51.5 Å². The van der Waals surface area contributed by atoms with Crippen molar-refractivity contribution < 1.29 is 46.4 Å². The van der Waals surface area contributed by atoms with Gasteiger partial charge in [-0.2, -0.15) is 8.42 Å². The van der Waals surface area contributed by atoms with Crippen LogP contribution < -0.4 is 4.74 Å². The summed E-state index contributed by atoms with van der Waals surface area (Å²) in [5.41, 5.74) is 0. The van der Waals surface area contributed by atoms with Gasteiger partial charge >= 0.3 is 15.2 Å². The van der Waals surface area contributed by atoms with Crippen LogP contribution in [0.5, 0.6) is 5.75 Å². The number of unbranched alkanes of at least 4 members (excludes halogenated alkanes) is 8. The second-order valence-corrected chi connectivity index (χ2v) is 12.7. The van der Waals surface area contributed by atoms with Crippen LogP contribution in [0.25, 0.3) is 0 Å². The van der Waals surface area contributed by atoms with Crippen molar-refractivity contribution in [1.29, 1.82) is 0 Å². The zero-order valence-electron chi connectivity index (χ0n) is 19.1. The van der Waals surface area contributed by atoms with E-state index in [0.29, 0.717) is 25.9 Å². The molecule has 33 heavy (non-hydrogen) atoms. The number of benzene rings is 1. The van der Waals surface area contributed by atoms with E-state index >= 15 is 0 Å². The van der Waals surface area contributed by atoms with Crippen LogP contribution in [0.4, 0.5) is 0 Å². The van der Waals surface area contributed by atoms with E-state index in [4.69, 9.17) is 28.9 Å². The van der Waals surface area contributed by atoms with Crippen molar-refractivity contribution in [3.8, 4) is 5.75 Å². The number of hydrogen-bond acceptors (Lipinski definition) is 5. The molecule has 0 unspecified atom stereocenters. The molecule has 0 spiro atoms. The van der Waals surface area contributed by atoms with Crippen molar-refractivity contribution in [3.05, 3.63) is 24.3 Å². The maximum absolute atomic E-state index is 11.2. The first-order valence-electron chi connectivity index (χ1n) is 11.0. The van der Waals surface area contributed by atoms with E-state index in [9.17, 15) is 17.5 Å². The molecule has 0 saturated heterocycles. The molecule has 0 amide bonds. The van der Waals surface area contributed by atoms with Crippen LogP contribution in [-0.2, 0) is 19.2 Å². The van der Waals surface area contributed by atoms with Crippen LogP contribution in [0, 0.1) is 0 Å². The molecule has 0 aliphatic carbocycles. The van der Waals surface area contributed by atoms with Crippen molar-refractivity contribution in [2.45, 2.75) is 76.0 Å². The highest BCUT2D eigenvalue weighted by molar-refractivity contribution is 7.86. The second kappa shape index (κ2) is 16.8. The van der Waals surface area contributed by atoms with E-state index in [2.05, 4.69) is 6.92 Å². The van der Waals surface area contributed by atoms with Crippen LogP contribution in [0.1, 0.15) is 71.1 Å². The first kappa shape index (κ1) is 32.2. The molecule has 10 nitrogen and oxygen atoms in total. The van der Waals surface area contributed by atoms with Gasteiger partial charge in [0.2, 0.25) is 0 Å². The maximum atomic E-state index is 11.2. The molecular weight excluding hydrogens is 494 g/mol. The van der Waals surface area contributed by atoms with E-state index in [0.717, 1.165) is 12.8 Å². The minimum absolute atomic E-state index is 0.164. The van der Waals surface area contributed by atoms with Crippen LogP contribution in [0.2, 0.25) is 0 Å². The SMILES string of the molecule is CCCCCCCCCOc1ccccc1S(=O)(=O)O.O=P(O)(O)CCCCCP(=O)(O)O. The maximum Gasteiger partial charge on any atom is 0.325 e. The van der Waals surface area contributed by atoms with Crippen molar-refractivity contribution in [1.82, 2.24) is 0 Å². The molecule has 0 fully saturated rings. The van der Waals surface area contributed by atoms with Gasteiger partial charge in [-0.05, 0) is 31.4 Å². The number of hydrogen-bond donors (Lipinski definition) is 5. The third kappa shape index (κ3) is 20.3. The van der Waals surface area contributed by atoms with Gasteiger partial charge in [-0.3, -0.25) is 13.7 Å². The summed E-state index contributed by atoms with van der Waals surface area (Å²) >= 11 is 0. The fraction of sp³-hybridized carbons (Fsp3) is 0.700. The van der Waals surface area contributed by atoms with Gasteiger partial charge in [0.15, 0.2) is 0 Å². The van der Waals surface area contributed by atoms with Gasteiger partial charge in [0, 0.05) is 12.3 Å². The lowest BCUT2D eigenvalue weighted by molar-refractivity contribution is 0.295. The summed E-state index contributed by atoms with van der Waals surface area (Å²) in [5.74, 6) is 0.223. The van der Waals surface area contributed by atoms with Crippen LogP contribution in [0.15, 0.2) is 29.2 Å². The first-order chi connectivity index (χ1) is 15.3. The summed E-state index contributed by atoms with van der Waals surface area (Å²) in [7, 11) is -12.1. The lowest BCUT2D eigenvalue weighted by Gasteiger charge is -2.09. The molecule has 5 N–H and O–H groups in total. The molecule has 0 aliphatic heterocycles. The molecule has 0 radical (unpaired) electrons. The molecule has 13 heteroatoms. The number of para-hydroxylation sites is 1. The Morgan fingerprint density at radius 2 is 1.21 bits per heavy atom. The van der Waals surface area contributed by atoms with E-state index in [1.807, 2.05) is 0 Å². The smallest absolute Gasteiger partial charge is 0.325 e. The molecule has 0 aromatic heterocycles. The van der Waals surface area contributed by atoms with Gasteiger partial charge < -0.3 is 24.3 Å². The molecular formula is C20H38O10P2S. The standard InChI is InChI=1S/C15H24O4S.C5H14O6P2/c1-2-3-4-5-6-7-10-13-19-14-11-8-9-12-15(14)20(16,17)18;6-12(7,8)4-2-1-3-5-13(9,10)11/h8-9,11-12H,2-7,10,13H2,1H3,(H,16,17,18);1-5H2,(H2,6,7,8)(H2,9,10,11). The zero-order valence-corrected chi connectivity index (χ0v) is 21.7. The Morgan fingerprint density at radius 1 is 0.758 bits per heavy atom. The summed E-state index contributed by atoms with van der Waals surface area (Å²) in [6.45, 7) is 2.67. The normalized spacial score (nSPS) is 12.2. The van der Waals surface area contributed by atoms with Gasteiger partial charge in [0.1, 0.15) is 10.6 Å². The Morgan fingerprint density at radius 3 is 1.70 bits per heavy atom. The molecule has 194 valence electrons. The summed E-state index contributed by atoms with van der Waals surface area (Å²) < 4.78 is 57.5. The Labute approximate surface area is 196 Å². The summed E-state index contributed by atoms with van der Waals surface area (Å²) in [5, 5.41) is 0. The Kier molecular flexibility index (Phi) is 16.4. The monoisotopic (exact) mass is 532 g/mol. The average molecular weight is 533 g/mol. The molecule has 1 rings (SSSR count). The molecule has 1 aromatic carbocycles. The van der Waals surface area contributed by atoms with E-state index < -0.39 is 25.3 Å². The van der Waals surface area contributed by atoms with Crippen molar-refractivity contribution in [3.63, 3.8) is 0 Å². The fourth-order valence-corrected chi connectivity index (χ4v) is 4.74. The van der Waals surface area contributed by atoms with E-state index in [1.165, 1.54) is 38.2 Å². The first-order valence-corrected chi connectivity index (χ1v) is 16.1. The quantitative estimate of drug-likeness (QED) is 0.115. The fourth-order valence-electron chi connectivity index (χ4n) is 2.84. The molecule has 0 saturated carbocycles. The van der Waals surface area contributed by atoms with Crippen molar-refractivity contribution in [2.75, 3.05) is 18.9 Å². The van der Waals surface area contributed by atoms with Crippen LogP contribution in [0.3, 0.4) is 0 Å². The molecule has 0 aliphatic rings. The van der Waals surface area contributed by atoms with Gasteiger partial charge in [-0.25, -0.2) is 0 Å². The summed E-state index contributed by atoms with van der Waals surface area (Å²) in [6.07, 6.45) is 8.81. The second-order valence-electron chi connectivity index (χ2n) is 7.73. The van der Waals surface area contributed by atoms with Gasteiger partial charge in [0.25, 0.3) is 10.1 Å². The highest BCUT2D eigenvalue weighted by Crippen LogP contribution is 2.38. The van der Waals surface area contributed by atoms with Gasteiger partial charge in [-0.1, -0.05) is 64.0 Å². The molecule has 0 heterocycles. The molecule has 1 aromatic rings. The Hall–Kier alpha value is -0.770. The van der Waals surface area contributed by atoms with E-state index in [-0.39, 0.29) is 23.0 Å². The van der Waals surface area contributed by atoms with Gasteiger partial charge in [0.05, 0.1) is 6.61 Å². The number of ether oxygens (including phenoxy) is 1. The lowest BCUT2D eigenvalue weighted by Crippen LogP contribution is -2.04. The lowest BCUT2D eigenvalue weighted by atomic mass is 10.1. The van der Waals surface area contributed by atoms with Crippen LogP contribution >= 0.6 is 15.2 Å².